The van der Waals surface area contributed by atoms with E-state index in [4.69, 9.17) is 0 Å². The Morgan fingerprint density at radius 2 is 2.30 bits per heavy atom. The second-order valence-electron chi connectivity index (χ2n) is 5.04. The first-order valence-electron chi connectivity index (χ1n) is 6.57. The standard InChI is InChI=1S/C14H20BrN3O.ClH/c1-10-7-12(3-4-13(10)15)17-14(19)9-18-6-5-16-8-11(18)2;/h3-4,7,11,16H,5-6,8-9H2,1-2H3,(H,17,19);1H/t11-;/m0./s1. The molecule has 1 aliphatic heterocycles. The van der Waals surface area contributed by atoms with Gasteiger partial charge in [0.15, 0.2) is 0 Å². The van der Waals surface area contributed by atoms with Gasteiger partial charge in [-0.15, -0.1) is 12.4 Å². The Labute approximate surface area is 134 Å². The third-order valence-electron chi connectivity index (χ3n) is 3.43. The summed E-state index contributed by atoms with van der Waals surface area (Å²) < 4.78 is 1.06. The largest absolute Gasteiger partial charge is 0.325 e. The molecule has 0 spiro atoms. The molecular weight excluding hydrogens is 342 g/mol. The molecule has 4 nitrogen and oxygen atoms in total. The second kappa shape index (κ2) is 7.98. The van der Waals surface area contributed by atoms with Crippen LogP contribution in [-0.4, -0.2) is 43.0 Å². The summed E-state index contributed by atoms with van der Waals surface area (Å²) in [6.07, 6.45) is 0. The van der Waals surface area contributed by atoms with Gasteiger partial charge in [-0.3, -0.25) is 9.69 Å². The van der Waals surface area contributed by atoms with Gasteiger partial charge >= 0.3 is 0 Å². The average molecular weight is 363 g/mol. The zero-order valence-electron chi connectivity index (χ0n) is 11.8. The molecule has 1 amide bonds. The van der Waals surface area contributed by atoms with Crippen molar-refractivity contribution in [3.8, 4) is 0 Å². The lowest BCUT2D eigenvalue weighted by Gasteiger charge is -2.33. The van der Waals surface area contributed by atoms with Gasteiger partial charge in [-0.1, -0.05) is 15.9 Å². The van der Waals surface area contributed by atoms with Crippen molar-refractivity contribution in [2.75, 3.05) is 31.5 Å². The Kier molecular flexibility index (Phi) is 6.95. The SMILES string of the molecule is Cc1cc(NC(=O)CN2CCNC[C@@H]2C)ccc1Br.Cl. The third-order valence-corrected chi connectivity index (χ3v) is 4.32. The fraction of sp³-hybridized carbons (Fsp3) is 0.500. The molecule has 112 valence electrons. The van der Waals surface area contributed by atoms with Gasteiger partial charge in [0.05, 0.1) is 6.54 Å². The molecule has 2 rings (SSSR count). The molecule has 1 fully saturated rings. The molecule has 6 heteroatoms. The maximum absolute atomic E-state index is 12.0. The van der Waals surface area contributed by atoms with Crippen LogP contribution in [0.4, 0.5) is 5.69 Å². The molecule has 0 aliphatic carbocycles. The molecule has 20 heavy (non-hydrogen) atoms. The van der Waals surface area contributed by atoms with Crippen molar-refractivity contribution in [2.45, 2.75) is 19.9 Å². The highest BCUT2D eigenvalue weighted by molar-refractivity contribution is 9.10. The third kappa shape index (κ3) is 4.74. The van der Waals surface area contributed by atoms with E-state index >= 15 is 0 Å². The number of nitrogens with one attached hydrogen (secondary N) is 2. The molecular formula is C14H21BrClN3O. The molecule has 0 radical (unpaired) electrons. The van der Waals surface area contributed by atoms with E-state index in [0.29, 0.717) is 12.6 Å². The van der Waals surface area contributed by atoms with E-state index in [1.54, 1.807) is 0 Å². The van der Waals surface area contributed by atoms with Crippen LogP contribution >= 0.6 is 28.3 Å². The highest BCUT2D eigenvalue weighted by Gasteiger charge is 2.20. The van der Waals surface area contributed by atoms with Crippen LogP contribution in [0.1, 0.15) is 12.5 Å². The number of carbonyl (C=O) groups excluding carboxylic acids is 1. The van der Waals surface area contributed by atoms with Crippen LogP contribution in [-0.2, 0) is 4.79 Å². The fourth-order valence-corrected chi connectivity index (χ4v) is 2.47. The monoisotopic (exact) mass is 361 g/mol. The first kappa shape index (κ1) is 17.4. The second-order valence-corrected chi connectivity index (χ2v) is 5.89. The highest BCUT2D eigenvalue weighted by Crippen LogP contribution is 2.20. The van der Waals surface area contributed by atoms with Crippen molar-refractivity contribution in [1.82, 2.24) is 10.2 Å². The van der Waals surface area contributed by atoms with Crippen LogP contribution < -0.4 is 10.6 Å². The summed E-state index contributed by atoms with van der Waals surface area (Å²) >= 11 is 3.46. The molecule has 1 atom stereocenters. The molecule has 0 bridgehead atoms. The predicted molar refractivity (Wildman–Crippen MR) is 88.7 cm³/mol. The van der Waals surface area contributed by atoms with Crippen LogP contribution in [0, 0.1) is 6.92 Å². The smallest absolute Gasteiger partial charge is 0.238 e. The van der Waals surface area contributed by atoms with Gasteiger partial charge in [0.25, 0.3) is 0 Å². The van der Waals surface area contributed by atoms with Gasteiger partial charge in [-0.25, -0.2) is 0 Å². The minimum absolute atomic E-state index is 0. The molecule has 1 aliphatic rings. The summed E-state index contributed by atoms with van der Waals surface area (Å²) in [6, 6.07) is 6.25. The number of nitrogens with zero attached hydrogens (tertiary/aromatic N) is 1. The molecule has 1 saturated heterocycles. The number of halogens is 2. The zero-order chi connectivity index (χ0) is 13.8. The van der Waals surface area contributed by atoms with E-state index in [9.17, 15) is 4.79 Å². The van der Waals surface area contributed by atoms with Crippen LogP contribution in [0.5, 0.6) is 0 Å². The molecule has 0 unspecified atom stereocenters. The number of benzene rings is 1. The Hall–Kier alpha value is -0.620. The predicted octanol–water partition coefficient (Wildman–Crippen LogP) is 2.41. The normalized spacial score (nSPS) is 19.2. The highest BCUT2D eigenvalue weighted by atomic mass is 79.9. The summed E-state index contributed by atoms with van der Waals surface area (Å²) in [5.41, 5.74) is 1.97. The Bertz CT molecular complexity index is 470. The number of carbonyl (C=O) groups is 1. The van der Waals surface area contributed by atoms with Crippen LogP contribution in [0.2, 0.25) is 0 Å². The Morgan fingerprint density at radius 1 is 1.55 bits per heavy atom. The van der Waals surface area contributed by atoms with Gasteiger partial charge in [0.2, 0.25) is 5.91 Å². The molecule has 0 saturated carbocycles. The Balaban J connectivity index is 0.00000200. The summed E-state index contributed by atoms with van der Waals surface area (Å²) in [7, 11) is 0. The molecule has 0 aromatic heterocycles. The zero-order valence-corrected chi connectivity index (χ0v) is 14.2. The summed E-state index contributed by atoms with van der Waals surface area (Å²) in [5.74, 6) is 0.0514. The van der Waals surface area contributed by atoms with E-state index in [1.165, 1.54) is 0 Å². The Morgan fingerprint density at radius 3 is 2.95 bits per heavy atom. The van der Waals surface area contributed by atoms with Gasteiger partial charge in [-0.05, 0) is 37.6 Å². The van der Waals surface area contributed by atoms with Gasteiger partial charge in [-0.2, -0.15) is 0 Å². The maximum Gasteiger partial charge on any atom is 0.238 e. The van der Waals surface area contributed by atoms with E-state index in [0.717, 1.165) is 35.4 Å². The van der Waals surface area contributed by atoms with E-state index < -0.39 is 0 Å². The number of amides is 1. The lowest BCUT2D eigenvalue weighted by molar-refractivity contribution is -0.118. The first-order valence-corrected chi connectivity index (χ1v) is 7.36. The fourth-order valence-electron chi connectivity index (χ4n) is 2.23. The van der Waals surface area contributed by atoms with Crippen LogP contribution in [0.15, 0.2) is 22.7 Å². The van der Waals surface area contributed by atoms with E-state index in [2.05, 4.69) is 38.4 Å². The number of rotatable bonds is 3. The van der Waals surface area contributed by atoms with Crippen molar-refractivity contribution in [2.24, 2.45) is 0 Å². The maximum atomic E-state index is 12.0. The minimum atomic E-state index is 0. The molecule has 1 heterocycles. The number of piperazine rings is 1. The van der Waals surface area contributed by atoms with Gasteiger partial charge in [0.1, 0.15) is 0 Å². The summed E-state index contributed by atoms with van der Waals surface area (Å²) in [5, 5.41) is 6.28. The number of anilines is 1. The minimum Gasteiger partial charge on any atom is -0.325 e. The average Bonchev–Trinajstić information content (AvgIpc) is 2.37. The van der Waals surface area contributed by atoms with Crippen molar-refractivity contribution in [3.05, 3.63) is 28.2 Å². The quantitative estimate of drug-likeness (QED) is 0.868. The van der Waals surface area contributed by atoms with Crippen LogP contribution in [0.3, 0.4) is 0 Å². The number of hydrogen-bond donors (Lipinski definition) is 2. The van der Waals surface area contributed by atoms with Crippen molar-refractivity contribution >= 4 is 39.9 Å². The van der Waals surface area contributed by atoms with Crippen molar-refractivity contribution < 1.29 is 4.79 Å². The number of hydrogen-bond acceptors (Lipinski definition) is 3. The van der Waals surface area contributed by atoms with Gasteiger partial charge in [0, 0.05) is 35.8 Å². The number of aryl methyl sites for hydroxylation is 1. The first-order chi connectivity index (χ1) is 9.06. The molecule has 1 aromatic rings. The van der Waals surface area contributed by atoms with E-state index in [1.807, 2.05) is 25.1 Å². The lowest BCUT2D eigenvalue weighted by Crippen LogP contribution is -2.51. The summed E-state index contributed by atoms with van der Waals surface area (Å²) in [6.45, 7) is 7.44. The van der Waals surface area contributed by atoms with Gasteiger partial charge < -0.3 is 10.6 Å². The molecule has 1 aromatic carbocycles. The van der Waals surface area contributed by atoms with Crippen LogP contribution in [0.25, 0.3) is 0 Å². The molecule has 2 N–H and O–H groups in total. The van der Waals surface area contributed by atoms with Crippen molar-refractivity contribution in [3.63, 3.8) is 0 Å². The lowest BCUT2D eigenvalue weighted by atomic mass is 10.2. The topological polar surface area (TPSA) is 44.4 Å². The van der Waals surface area contributed by atoms with Crippen molar-refractivity contribution in [1.29, 1.82) is 0 Å². The van der Waals surface area contributed by atoms with E-state index in [-0.39, 0.29) is 18.3 Å². The summed E-state index contributed by atoms with van der Waals surface area (Å²) in [4.78, 5) is 14.2.